The fourth-order valence-corrected chi connectivity index (χ4v) is 1.86. The number of nitrogens with one attached hydrogen (secondary N) is 1. The quantitative estimate of drug-likeness (QED) is 0.733. The van der Waals surface area contributed by atoms with Crippen molar-refractivity contribution >= 4 is 11.6 Å². The van der Waals surface area contributed by atoms with Crippen LogP contribution in [-0.4, -0.2) is 22.2 Å². The van der Waals surface area contributed by atoms with Gasteiger partial charge in [0.25, 0.3) is 5.91 Å². The Kier molecular flexibility index (Phi) is 3.66. The third-order valence-corrected chi connectivity index (χ3v) is 3.10. The molecule has 1 aliphatic carbocycles. The first kappa shape index (κ1) is 12.0. The van der Waals surface area contributed by atoms with Crippen LogP contribution in [0.25, 0.3) is 0 Å². The Morgan fingerprint density at radius 3 is 3.00 bits per heavy atom. The van der Waals surface area contributed by atoms with Gasteiger partial charge in [0.15, 0.2) is 5.69 Å². The SMILES string of the molecule is CCn1cc(N)c(C(=O)NCCCC2CC2)n1. The van der Waals surface area contributed by atoms with Gasteiger partial charge in [-0.3, -0.25) is 9.48 Å². The number of amides is 1. The summed E-state index contributed by atoms with van der Waals surface area (Å²) in [6.45, 7) is 3.40. The Morgan fingerprint density at radius 1 is 1.65 bits per heavy atom. The zero-order chi connectivity index (χ0) is 12.3. The molecule has 1 amide bonds. The summed E-state index contributed by atoms with van der Waals surface area (Å²) in [4.78, 5) is 11.8. The maximum Gasteiger partial charge on any atom is 0.273 e. The number of nitrogen functional groups attached to an aromatic ring is 1. The maximum absolute atomic E-state index is 11.8. The number of hydrogen-bond donors (Lipinski definition) is 2. The summed E-state index contributed by atoms with van der Waals surface area (Å²) in [7, 11) is 0. The van der Waals surface area contributed by atoms with E-state index in [0.29, 0.717) is 17.9 Å². The smallest absolute Gasteiger partial charge is 0.273 e. The molecule has 94 valence electrons. The molecule has 2 rings (SSSR count). The van der Waals surface area contributed by atoms with Crippen molar-refractivity contribution in [2.24, 2.45) is 5.92 Å². The molecule has 0 spiro atoms. The summed E-state index contributed by atoms with van der Waals surface area (Å²) in [5.41, 5.74) is 6.53. The molecule has 0 atom stereocenters. The molecule has 1 saturated carbocycles. The number of rotatable bonds is 6. The van der Waals surface area contributed by atoms with E-state index in [2.05, 4.69) is 10.4 Å². The first-order valence-electron chi connectivity index (χ1n) is 6.31. The molecule has 1 fully saturated rings. The van der Waals surface area contributed by atoms with E-state index in [-0.39, 0.29) is 5.91 Å². The van der Waals surface area contributed by atoms with Crippen molar-refractivity contribution in [2.75, 3.05) is 12.3 Å². The lowest BCUT2D eigenvalue weighted by atomic mass is 10.2. The number of nitrogens with two attached hydrogens (primary N) is 1. The molecule has 0 aromatic carbocycles. The number of nitrogens with zero attached hydrogens (tertiary/aromatic N) is 2. The largest absolute Gasteiger partial charge is 0.396 e. The molecule has 17 heavy (non-hydrogen) atoms. The summed E-state index contributed by atoms with van der Waals surface area (Å²) in [6.07, 6.45) is 6.69. The van der Waals surface area contributed by atoms with Crippen molar-refractivity contribution in [2.45, 2.75) is 39.2 Å². The Morgan fingerprint density at radius 2 is 2.41 bits per heavy atom. The van der Waals surface area contributed by atoms with Crippen LogP contribution in [0.1, 0.15) is 43.1 Å². The molecule has 1 aliphatic rings. The molecular formula is C12H20N4O. The monoisotopic (exact) mass is 236 g/mol. The summed E-state index contributed by atoms with van der Waals surface area (Å²) >= 11 is 0. The lowest BCUT2D eigenvalue weighted by molar-refractivity contribution is 0.0948. The molecule has 0 saturated heterocycles. The fraction of sp³-hybridized carbons (Fsp3) is 0.667. The van der Waals surface area contributed by atoms with E-state index in [0.717, 1.165) is 18.9 Å². The summed E-state index contributed by atoms with van der Waals surface area (Å²) in [6, 6.07) is 0. The number of carbonyl (C=O) groups is 1. The number of aromatic nitrogens is 2. The van der Waals surface area contributed by atoms with Crippen molar-refractivity contribution in [1.82, 2.24) is 15.1 Å². The van der Waals surface area contributed by atoms with E-state index in [1.165, 1.54) is 19.3 Å². The molecule has 1 aromatic heterocycles. The van der Waals surface area contributed by atoms with Gasteiger partial charge in [0.2, 0.25) is 0 Å². The minimum Gasteiger partial charge on any atom is -0.396 e. The van der Waals surface area contributed by atoms with Crippen LogP contribution in [0.3, 0.4) is 0 Å². The van der Waals surface area contributed by atoms with Crippen LogP contribution < -0.4 is 11.1 Å². The molecule has 0 aliphatic heterocycles. The standard InChI is InChI=1S/C12H20N4O/c1-2-16-8-10(13)11(15-16)12(17)14-7-3-4-9-5-6-9/h8-9H,2-7,13H2,1H3,(H,14,17). The van der Waals surface area contributed by atoms with Crippen LogP contribution in [0.4, 0.5) is 5.69 Å². The van der Waals surface area contributed by atoms with Gasteiger partial charge in [0.1, 0.15) is 0 Å². The molecule has 5 heteroatoms. The molecule has 0 bridgehead atoms. The highest BCUT2D eigenvalue weighted by molar-refractivity contribution is 5.96. The van der Waals surface area contributed by atoms with Crippen LogP contribution in [0, 0.1) is 5.92 Å². The molecule has 1 aromatic rings. The second kappa shape index (κ2) is 5.21. The molecule has 0 unspecified atom stereocenters. The van der Waals surface area contributed by atoms with Crippen LogP contribution >= 0.6 is 0 Å². The van der Waals surface area contributed by atoms with Crippen molar-refractivity contribution in [3.8, 4) is 0 Å². The van der Waals surface area contributed by atoms with E-state index in [4.69, 9.17) is 5.73 Å². The van der Waals surface area contributed by atoms with Crippen molar-refractivity contribution in [3.63, 3.8) is 0 Å². The van der Waals surface area contributed by atoms with Crippen molar-refractivity contribution < 1.29 is 4.79 Å². The van der Waals surface area contributed by atoms with Gasteiger partial charge in [-0.2, -0.15) is 5.10 Å². The minimum atomic E-state index is -0.162. The topological polar surface area (TPSA) is 72.9 Å². The average Bonchev–Trinajstić information content (AvgIpc) is 3.06. The van der Waals surface area contributed by atoms with Crippen LogP contribution in [0.15, 0.2) is 6.20 Å². The highest BCUT2D eigenvalue weighted by Crippen LogP contribution is 2.33. The molecule has 3 N–H and O–H groups in total. The Hall–Kier alpha value is -1.52. The zero-order valence-electron chi connectivity index (χ0n) is 10.3. The van der Waals surface area contributed by atoms with Crippen LogP contribution in [-0.2, 0) is 6.54 Å². The van der Waals surface area contributed by atoms with E-state index in [9.17, 15) is 4.79 Å². The first-order chi connectivity index (χ1) is 8.20. The second-order valence-corrected chi connectivity index (χ2v) is 4.63. The highest BCUT2D eigenvalue weighted by atomic mass is 16.1. The Bertz CT molecular complexity index is 395. The van der Waals surface area contributed by atoms with Crippen molar-refractivity contribution in [1.29, 1.82) is 0 Å². The first-order valence-corrected chi connectivity index (χ1v) is 6.31. The molecule has 1 heterocycles. The lowest BCUT2D eigenvalue weighted by Gasteiger charge is -2.03. The maximum atomic E-state index is 11.8. The lowest BCUT2D eigenvalue weighted by Crippen LogP contribution is -2.25. The van der Waals surface area contributed by atoms with Gasteiger partial charge < -0.3 is 11.1 Å². The van der Waals surface area contributed by atoms with Gasteiger partial charge in [-0.1, -0.05) is 12.8 Å². The zero-order valence-corrected chi connectivity index (χ0v) is 10.3. The van der Waals surface area contributed by atoms with Gasteiger partial charge in [-0.25, -0.2) is 0 Å². The second-order valence-electron chi connectivity index (χ2n) is 4.63. The predicted molar refractivity (Wildman–Crippen MR) is 66.6 cm³/mol. The van der Waals surface area contributed by atoms with Crippen molar-refractivity contribution in [3.05, 3.63) is 11.9 Å². The molecule has 5 nitrogen and oxygen atoms in total. The number of hydrogen-bond acceptors (Lipinski definition) is 3. The predicted octanol–water partition coefficient (Wildman–Crippen LogP) is 1.41. The van der Waals surface area contributed by atoms with Gasteiger partial charge in [-0.05, 0) is 25.7 Å². The third kappa shape index (κ3) is 3.22. The van der Waals surface area contributed by atoms with Crippen LogP contribution in [0.5, 0.6) is 0 Å². The van der Waals surface area contributed by atoms with E-state index in [1.54, 1.807) is 10.9 Å². The fourth-order valence-electron chi connectivity index (χ4n) is 1.86. The van der Waals surface area contributed by atoms with Crippen LogP contribution in [0.2, 0.25) is 0 Å². The molecule has 0 radical (unpaired) electrons. The summed E-state index contributed by atoms with van der Waals surface area (Å²) < 4.78 is 1.68. The average molecular weight is 236 g/mol. The Labute approximate surface area is 101 Å². The normalized spacial score (nSPS) is 14.9. The van der Waals surface area contributed by atoms with E-state index >= 15 is 0 Å². The van der Waals surface area contributed by atoms with Gasteiger partial charge >= 0.3 is 0 Å². The van der Waals surface area contributed by atoms with Gasteiger partial charge in [0.05, 0.1) is 5.69 Å². The van der Waals surface area contributed by atoms with E-state index < -0.39 is 0 Å². The summed E-state index contributed by atoms with van der Waals surface area (Å²) in [5.74, 6) is 0.752. The van der Waals surface area contributed by atoms with E-state index in [1.807, 2.05) is 6.92 Å². The number of carbonyl (C=O) groups excluding carboxylic acids is 1. The van der Waals surface area contributed by atoms with Gasteiger partial charge in [0, 0.05) is 19.3 Å². The Balaban J connectivity index is 1.78. The number of aryl methyl sites for hydroxylation is 1. The highest BCUT2D eigenvalue weighted by Gasteiger charge is 2.20. The molecular weight excluding hydrogens is 216 g/mol. The number of anilines is 1. The minimum absolute atomic E-state index is 0.162. The summed E-state index contributed by atoms with van der Waals surface area (Å²) in [5, 5.41) is 7.00. The van der Waals surface area contributed by atoms with Gasteiger partial charge in [-0.15, -0.1) is 0 Å². The third-order valence-electron chi connectivity index (χ3n) is 3.10.